The van der Waals surface area contributed by atoms with Gasteiger partial charge in [-0.05, 0) is 34.9 Å². The first-order valence-corrected chi connectivity index (χ1v) is 10.5. The Kier molecular flexibility index (Phi) is 6.90. The molecule has 5 nitrogen and oxygen atoms in total. The maximum Gasteiger partial charge on any atom is 0.254 e. The number of hydrogen-bond acceptors (Lipinski definition) is 4. The number of rotatable bonds is 9. The third kappa shape index (κ3) is 5.39. The molecule has 160 valence electrons. The molecule has 0 radical (unpaired) electrons. The van der Waals surface area contributed by atoms with Gasteiger partial charge in [0.1, 0.15) is 17.1 Å². The van der Waals surface area contributed by atoms with E-state index in [2.05, 4.69) is 58.8 Å². The molecule has 5 heteroatoms. The fourth-order valence-electron chi connectivity index (χ4n) is 3.62. The van der Waals surface area contributed by atoms with Crippen molar-refractivity contribution in [2.24, 2.45) is 5.73 Å². The second kappa shape index (κ2) is 10.4. The zero-order valence-electron chi connectivity index (χ0n) is 17.6. The molecule has 0 saturated carbocycles. The summed E-state index contributed by atoms with van der Waals surface area (Å²) in [7, 11) is 0. The molecule has 0 bridgehead atoms. The number of primary amides is 1. The van der Waals surface area contributed by atoms with Crippen molar-refractivity contribution in [3.05, 3.63) is 126 Å². The van der Waals surface area contributed by atoms with Crippen LogP contribution in [0.5, 0.6) is 11.5 Å². The maximum absolute atomic E-state index is 11.5. The first-order chi connectivity index (χ1) is 15.7. The number of nitrogens with two attached hydrogens (primary N) is 1. The third-order valence-corrected chi connectivity index (χ3v) is 5.28. The van der Waals surface area contributed by atoms with Gasteiger partial charge in [-0.2, -0.15) is 0 Å². The van der Waals surface area contributed by atoms with Gasteiger partial charge in [-0.3, -0.25) is 9.78 Å². The fraction of sp³-hybridized carbons (Fsp3) is 0.111. The predicted molar refractivity (Wildman–Crippen MR) is 126 cm³/mol. The third-order valence-electron chi connectivity index (χ3n) is 5.28. The minimum absolute atomic E-state index is 0.256. The van der Waals surface area contributed by atoms with Crippen LogP contribution < -0.4 is 15.8 Å². The average molecular weight is 424 g/mol. The Labute approximate surface area is 187 Å². The topological polar surface area (TPSA) is 77.2 Å². The Hall–Kier alpha value is -3.96. The summed E-state index contributed by atoms with van der Waals surface area (Å²) in [6.45, 7) is 1.56. The summed E-state index contributed by atoms with van der Waals surface area (Å²) in [5.74, 6) is 0.736. The van der Waals surface area contributed by atoms with E-state index in [1.165, 1.54) is 17.3 Å². The van der Waals surface area contributed by atoms with E-state index in [0.717, 1.165) is 18.7 Å². The van der Waals surface area contributed by atoms with Gasteiger partial charge in [-0.15, -0.1) is 0 Å². The summed E-state index contributed by atoms with van der Waals surface area (Å²) in [4.78, 5) is 15.5. The summed E-state index contributed by atoms with van der Waals surface area (Å²) in [6, 6.07) is 30.5. The first kappa shape index (κ1) is 21.3. The highest BCUT2D eigenvalue weighted by Gasteiger charge is 2.13. The van der Waals surface area contributed by atoms with Gasteiger partial charge in [0.15, 0.2) is 0 Å². The minimum Gasteiger partial charge on any atom is -0.456 e. The number of amides is 1. The van der Waals surface area contributed by atoms with Crippen LogP contribution in [0.1, 0.15) is 33.0 Å². The first-order valence-electron chi connectivity index (χ1n) is 10.5. The van der Waals surface area contributed by atoms with Crippen LogP contribution in [0.3, 0.4) is 0 Å². The zero-order valence-corrected chi connectivity index (χ0v) is 17.6. The molecule has 32 heavy (non-hydrogen) atoms. The fourth-order valence-corrected chi connectivity index (χ4v) is 3.62. The highest BCUT2D eigenvalue weighted by Crippen LogP contribution is 2.26. The van der Waals surface area contributed by atoms with Gasteiger partial charge in [-0.25, -0.2) is 0 Å². The number of benzene rings is 3. The Balaban J connectivity index is 1.39. The van der Waals surface area contributed by atoms with Gasteiger partial charge < -0.3 is 15.8 Å². The van der Waals surface area contributed by atoms with Gasteiger partial charge in [0.05, 0.1) is 0 Å². The van der Waals surface area contributed by atoms with Crippen molar-refractivity contribution in [1.29, 1.82) is 0 Å². The zero-order chi connectivity index (χ0) is 22.2. The maximum atomic E-state index is 11.5. The van der Waals surface area contributed by atoms with E-state index in [-0.39, 0.29) is 11.5 Å². The second-order valence-electron chi connectivity index (χ2n) is 7.49. The van der Waals surface area contributed by atoms with E-state index < -0.39 is 5.91 Å². The highest BCUT2D eigenvalue weighted by molar-refractivity contribution is 5.95. The molecule has 1 heterocycles. The normalized spacial score (nSPS) is 10.8. The molecule has 1 amide bonds. The van der Waals surface area contributed by atoms with E-state index in [0.29, 0.717) is 11.5 Å². The molecule has 0 aliphatic carbocycles. The summed E-state index contributed by atoms with van der Waals surface area (Å²) in [5.41, 5.74) is 9.36. The molecule has 4 aromatic rings. The molecule has 0 aliphatic heterocycles. The smallest absolute Gasteiger partial charge is 0.254 e. The molecule has 1 aromatic heterocycles. The lowest BCUT2D eigenvalue weighted by Gasteiger charge is -2.19. The van der Waals surface area contributed by atoms with Crippen LogP contribution in [0.15, 0.2) is 103 Å². The molecular weight excluding hydrogens is 398 g/mol. The number of nitrogens with zero attached hydrogens (tertiary/aromatic N) is 1. The van der Waals surface area contributed by atoms with Gasteiger partial charge in [0.2, 0.25) is 0 Å². The van der Waals surface area contributed by atoms with E-state index in [1.807, 2.05) is 36.4 Å². The quantitative estimate of drug-likeness (QED) is 0.402. The molecule has 0 saturated heterocycles. The van der Waals surface area contributed by atoms with Crippen LogP contribution in [-0.2, 0) is 6.54 Å². The summed E-state index contributed by atoms with van der Waals surface area (Å²) >= 11 is 0. The van der Waals surface area contributed by atoms with Crippen molar-refractivity contribution in [2.75, 3.05) is 6.54 Å². The van der Waals surface area contributed by atoms with Gasteiger partial charge in [-0.1, -0.05) is 72.8 Å². The predicted octanol–water partition coefficient (Wildman–Crippen LogP) is 4.89. The molecule has 3 aromatic carbocycles. The monoisotopic (exact) mass is 423 g/mol. The van der Waals surface area contributed by atoms with Gasteiger partial charge in [0.25, 0.3) is 5.91 Å². The Morgan fingerprint density at radius 3 is 2.09 bits per heavy atom. The molecule has 0 atom stereocenters. The van der Waals surface area contributed by atoms with Crippen LogP contribution in [0.2, 0.25) is 0 Å². The van der Waals surface area contributed by atoms with Crippen molar-refractivity contribution < 1.29 is 9.53 Å². The molecule has 0 fully saturated rings. The Morgan fingerprint density at radius 2 is 1.50 bits per heavy atom. The van der Waals surface area contributed by atoms with Crippen molar-refractivity contribution in [3.63, 3.8) is 0 Å². The van der Waals surface area contributed by atoms with Crippen molar-refractivity contribution in [1.82, 2.24) is 10.3 Å². The lowest BCUT2D eigenvalue weighted by Crippen LogP contribution is -2.22. The van der Waals surface area contributed by atoms with Crippen molar-refractivity contribution in [3.8, 4) is 11.5 Å². The van der Waals surface area contributed by atoms with Crippen LogP contribution in [0.4, 0.5) is 0 Å². The molecular formula is C27H25N3O2. The number of aromatic nitrogens is 1. The standard InChI is InChI=1S/C27H25N3O2/c28-27(31)25-19-29-16-15-26(25)32-23-13-11-20(12-14-23)17-30-18-24(21-7-3-1-4-8-21)22-9-5-2-6-10-22/h1-16,19,24,30H,17-18H2,(H2,28,31). The van der Waals surface area contributed by atoms with Crippen LogP contribution in [-0.4, -0.2) is 17.4 Å². The Bertz CT molecular complexity index is 1110. The van der Waals surface area contributed by atoms with Crippen molar-refractivity contribution in [2.45, 2.75) is 12.5 Å². The Morgan fingerprint density at radius 1 is 0.875 bits per heavy atom. The van der Waals surface area contributed by atoms with Crippen LogP contribution in [0, 0.1) is 0 Å². The van der Waals surface area contributed by atoms with E-state index >= 15 is 0 Å². The van der Waals surface area contributed by atoms with Crippen LogP contribution >= 0.6 is 0 Å². The number of hydrogen-bond donors (Lipinski definition) is 2. The highest BCUT2D eigenvalue weighted by atomic mass is 16.5. The largest absolute Gasteiger partial charge is 0.456 e. The van der Waals surface area contributed by atoms with E-state index in [4.69, 9.17) is 10.5 Å². The number of carbonyl (C=O) groups excluding carboxylic acids is 1. The second-order valence-corrected chi connectivity index (χ2v) is 7.49. The van der Waals surface area contributed by atoms with Crippen molar-refractivity contribution >= 4 is 5.91 Å². The average Bonchev–Trinajstić information content (AvgIpc) is 2.84. The van der Waals surface area contributed by atoms with Gasteiger partial charge >= 0.3 is 0 Å². The molecule has 0 spiro atoms. The number of nitrogens with one attached hydrogen (secondary N) is 1. The molecule has 4 rings (SSSR count). The molecule has 0 aliphatic rings. The SMILES string of the molecule is NC(=O)c1cnccc1Oc1ccc(CNCC(c2ccccc2)c2ccccc2)cc1. The lowest BCUT2D eigenvalue weighted by atomic mass is 9.91. The minimum atomic E-state index is -0.569. The van der Waals surface area contributed by atoms with Crippen LogP contribution in [0.25, 0.3) is 0 Å². The van der Waals surface area contributed by atoms with E-state index in [1.54, 1.807) is 12.3 Å². The molecule has 3 N–H and O–H groups in total. The summed E-state index contributed by atoms with van der Waals surface area (Å²) in [6.07, 6.45) is 2.97. The molecule has 0 unspecified atom stereocenters. The lowest BCUT2D eigenvalue weighted by molar-refractivity contribution is 0.0997. The number of pyridine rings is 1. The summed E-state index contributed by atoms with van der Waals surface area (Å²) < 4.78 is 5.82. The van der Waals surface area contributed by atoms with E-state index in [9.17, 15) is 4.79 Å². The summed E-state index contributed by atoms with van der Waals surface area (Å²) in [5, 5.41) is 3.58. The van der Waals surface area contributed by atoms with Gasteiger partial charge in [0, 0.05) is 31.4 Å². The number of carbonyl (C=O) groups is 1. The number of ether oxygens (including phenoxy) is 1.